The maximum Gasteiger partial charge on any atom is 0.277 e. The van der Waals surface area contributed by atoms with Crippen molar-refractivity contribution < 1.29 is 14.3 Å². The fraction of sp³-hybridized carbons (Fsp3) is 0.263. The van der Waals surface area contributed by atoms with Crippen LogP contribution in [0.25, 0.3) is 0 Å². The van der Waals surface area contributed by atoms with Crippen molar-refractivity contribution in [3.8, 4) is 11.5 Å². The molecule has 0 aliphatic heterocycles. The highest BCUT2D eigenvalue weighted by Crippen LogP contribution is 2.22. The second-order valence-corrected chi connectivity index (χ2v) is 5.27. The van der Waals surface area contributed by atoms with E-state index in [0.29, 0.717) is 6.61 Å². The molecule has 0 radical (unpaired) electrons. The first-order chi connectivity index (χ1) is 11.6. The van der Waals surface area contributed by atoms with Gasteiger partial charge in [-0.05, 0) is 44.0 Å². The lowest BCUT2D eigenvalue weighted by molar-refractivity contribution is -0.123. The summed E-state index contributed by atoms with van der Waals surface area (Å²) in [6.07, 6.45) is 1.56. The van der Waals surface area contributed by atoms with E-state index in [1.807, 2.05) is 63.2 Å². The molecule has 126 valence electrons. The zero-order valence-electron chi connectivity index (χ0n) is 14.2. The molecule has 0 saturated heterocycles. The zero-order chi connectivity index (χ0) is 17.4. The standard InChI is InChI=1S/C19H22N2O3/c1-4-23-17-11-6-5-10-16(17)12-20-21-18(22)13-24-19-14(2)8-7-9-15(19)3/h5-12H,4,13H2,1-3H3,(H,21,22)/b20-12-. The van der Waals surface area contributed by atoms with Crippen molar-refractivity contribution >= 4 is 12.1 Å². The lowest BCUT2D eigenvalue weighted by Crippen LogP contribution is -2.25. The molecule has 0 bridgehead atoms. The lowest BCUT2D eigenvalue weighted by Gasteiger charge is -2.10. The van der Waals surface area contributed by atoms with E-state index in [0.717, 1.165) is 28.2 Å². The number of ether oxygens (including phenoxy) is 2. The number of hydrogen-bond donors (Lipinski definition) is 1. The summed E-state index contributed by atoms with van der Waals surface area (Å²) < 4.78 is 11.1. The highest BCUT2D eigenvalue weighted by atomic mass is 16.5. The second-order valence-electron chi connectivity index (χ2n) is 5.27. The van der Waals surface area contributed by atoms with Crippen molar-refractivity contribution in [1.29, 1.82) is 0 Å². The summed E-state index contributed by atoms with van der Waals surface area (Å²) >= 11 is 0. The van der Waals surface area contributed by atoms with E-state index in [2.05, 4.69) is 10.5 Å². The Bertz CT molecular complexity index is 706. The highest BCUT2D eigenvalue weighted by Gasteiger charge is 2.06. The molecule has 5 heteroatoms. The van der Waals surface area contributed by atoms with Gasteiger partial charge in [0.1, 0.15) is 11.5 Å². The average molecular weight is 326 g/mol. The van der Waals surface area contributed by atoms with Crippen molar-refractivity contribution in [2.45, 2.75) is 20.8 Å². The molecule has 0 atom stereocenters. The molecule has 0 saturated carbocycles. The molecule has 5 nitrogen and oxygen atoms in total. The molecule has 0 heterocycles. The van der Waals surface area contributed by atoms with Crippen molar-refractivity contribution in [1.82, 2.24) is 5.43 Å². The van der Waals surface area contributed by atoms with E-state index in [1.165, 1.54) is 0 Å². The quantitative estimate of drug-likeness (QED) is 0.628. The van der Waals surface area contributed by atoms with E-state index in [4.69, 9.17) is 9.47 Å². The number of amides is 1. The van der Waals surface area contributed by atoms with Crippen molar-refractivity contribution in [2.24, 2.45) is 5.10 Å². The minimum absolute atomic E-state index is 0.0872. The number of aryl methyl sites for hydroxylation is 2. The Morgan fingerprint density at radius 1 is 1.08 bits per heavy atom. The maximum atomic E-state index is 11.9. The predicted molar refractivity (Wildman–Crippen MR) is 94.8 cm³/mol. The van der Waals surface area contributed by atoms with Gasteiger partial charge in [-0.15, -0.1) is 0 Å². The molecule has 2 aromatic rings. The topological polar surface area (TPSA) is 59.9 Å². The Hall–Kier alpha value is -2.82. The number of hydrazone groups is 1. The van der Waals surface area contributed by atoms with E-state index in [9.17, 15) is 4.79 Å². The van der Waals surface area contributed by atoms with Crippen LogP contribution in [0.3, 0.4) is 0 Å². The summed E-state index contributed by atoms with van der Waals surface area (Å²) in [5, 5.41) is 3.96. The first-order valence-electron chi connectivity index (χ1n) is 7.84. The molecule has 24 heavy (non-hydrogen) atoms. The van der Waals surface area contributed by atoms with Crippen LogP contribution in [0.2, 0.25) is 0 Å². The van der Waals surface area contributed by atoms with Gasteiger partial charge in [0.25, 0.3) is 5.91 Å². The number of carbonyl (C=O) groups is 1. The number of para-hydroxylation sites is 2. The van der Waals surface area contributed by atoms with Crippen molar-refractivity contribution in [3.05, 3.63) is 59.2 Å². The van der Waals surface area contributed by atoms with Gasteiger partial charge in [-0.1, -0.05) is 30.3 Å². The number of benzene rings is 2. The summed E-state index contributed by atoms with van der Waals surface area (Å²) in [4.78, 5) is 11.9. The molecule has 0 spiro atoms. The normalized spacial score (nSPS) is 10.6. The smallest absolute Gasteiger partial charge is 0.277 e. The summed E-state index contributed by atoms with van der Waals surface area (Å²) in [6, 6.07) is 13.4. The molecule has 0 unspecified atom stereocenters. The Morgan fingerprint density at radius 3 is 2.50 bits per heavy atom. The molecule has 1 amide bonds. The molecular weight excluding hydrogens is 304 g/mol. The van der Waals surface area contributed by atoms with Crippen LogP contribution in [-0.2, 0) is 4.79 Å². The van der Waals surface area contributed by atoms with E-state index in [1.54, 1.807) is 6.21 Å². The maximum absolute atomic E-state index is 11.9. The number of nitrogens with one attached hydrogen (secondary N) is 1. The third-order valence-electron chi connectivity index (χ3n) is 3.37. The molecular formula is C19H22N2O3. The van der Waals surface area contributed by atoms with Crippen LogP contribution in [-0.4, -0.2) is 25.3 Å². The minimum atomic E-state index is -0.317. The number of nitrogens with zero attached hydrogens (tertiary/aromatic N) is 1. The molecule has 1 N–H and O–H groups in total. The monoisotopic (exact) mass is 326 g/mol. The Kier molecular flexibility index (Phi) is 6.37. The van der Waals surface area contributed by atoms with E-state index < -0.39 is 0 Å². The molecule has 0 aromatic heterocycles. The molecule has 2 aromatic carbocycles. The number of rotatable bonds is 7. The largest absolute Gasteiger partial charge is 0.493 e. The fourth-order valence-electron chi connectivity index (χ4n) is 2.24. The summed E-state index contributed by atoms with van der Waals surface area (Å²) in [5.41, 5.74) is 5.26. The van der Waals surface area contributed by atoms with Gasteiger partial charge in [0.15, 0.2) is 6.61 Å². The zero-order valence-corrected chi connectivity index (χ0v) is 14.2. The second kappa shape index (κ2) is 8.72. The third kappa shape index (κ3) is 4.84. The number of carbonyl (C=O) groups excluding carboxylic acids is 1. The molecule has 0 aliphatic carbocycles. The third-order valence-corrected chi connectivity index (χ3v) is 3.37. The van der Waals surface area contributed by atoms with Gasteiger partial charge in [-0.25, -0.2) is 5.43 Å². The van der Waals surface area contributed by atoms with Gasteiger partial charge in [0.2, 0.25) is 0 Å². The van der Waals surface area contributed by atoms with Gasteiger partial charge < -0.3 is 9.47 Å². The van der Waals surface area contributed by atoms with Gasteiger partial charge in [0.05, 0.1) is 12.8 Å². The van der Waals surface area contributed by atoms with Crippen molar-refractivity contribution in [3.63, 3.8) is 0 Å². The van der Waals surface area contributed by atoms with Gasteiger partial charge in [-0.2, -0.15) is 5.10 Å². The number of hydrogen-bond acceptors (Lipinski definition) is 4. The first kappa shape index (κ1) is 17.5. The SMILES string of the molecule is CCOc1ccccc1/C=N\NC(=O)COc1c(C)cccc1C. The van der Waals surface area contributed by atoms with Crippen molar-refractivity contribution in [2.75, 3.05) is 13.2 Å². The van der Waals surface area contributed by atoms with Crippen LogP contribution in [0.15, 0.2) is 47.6 Å². The van der Waals surface area contributed by atoms with Crippen LogP contribution < -0.4 is 14.9 Å². The minimum Gasteiger partial charge on any atom is -0.493 e. The molecule has 0 aliphatic rings. The summed E-state index contributed by atoms with van der Waals surface area (Å²) in [5.74, 6) is 1.14. The molecule has 0 fully saturated rings. The van der Waals surface area contributed by atoms with Gasteiger partial charge in [-0.3, -0.25) is 4.79 Å². The van der Waals surface area contributed by atoms with Crippen LogP contribution in [0.5, 0.6) is 11.5 Å². The van der Waals surface area contributed by atoms with Crippen LogP contribution in [0, 0.1) is 13.8 Å². The summed E-state index contributed by atoms with van der Waals surface area (Å²) in [6.45, 7) is 6.30. The fourth-order valence-corrected chi connectivity index (χ4v) is 2.24. The van der Waals surface area contributed by atoms with E-state index in [-0.39, 0.29) is 12.5 Å². The Labute approximate surface area is 142 Å². The van der Waals surface area contributed by atoms with Crippen LogP contribution >= 0.6 is 0 Å². The van der Waals surface area contributed by atoms with E-state index >= 15 is 0 Å². The average Bonchev–Trinajstić information content (AvgIpc) is 2.56. The highest BCUT2D eigenvalue weighted by molar-refractivity contribution is 5.85. The summed E-state index contributed by atoms with van der Waals surface area (Å²) in [7, 11) is 0. The lowest BCUT2D eigenvalue weighted by atomic mass is 10.1. The van der Waals surface area contributed by atoms with Crippen LogP contribution in [0.1, 0.15) is 23.6 Å². The Balaban J connectivity index is 1.89. The first-order valence-corrected chi connectivity index (χ1v) is 7.84. The van der Waals surface area contributed by atoms with Crippen LogP contribution in [0.4, 0.5) is 0 Å². The molecule has 2 rings (SSSR count). The Morgan fingerprint density at radius 2 is 1.79 bits per heavy atom. The van der Waals surface area contributed by atoms with Gasteiger partial charge >= 0.3 is 0 Å². The predicted octanol–water partition coefficient (Wildman–Crippen LogP) is 3.23. The van der Waals surface area contributed by atoms with Gasteiger partial charge in [0, 0.05) is 5.56 Å².